The van der Waals surface area contributed by atoms with E-state index in [0.29, 0.717) is 6.54 Å². The van der Waals surface area contributed by atoms with Crippen LogP contribution in [-0.4, -0.2) is 16.9 Å². The Bertz CT molecular complexity index is 334. The predicted molar refractivity (Wildman–Crippen MR) is 73.8 cm³/mol. The van der Waals surface area contributed by atoms with Crippen LogP contribution in [0.15, 0.2) is 10.9 Å². The number of carbonyl (C=O) groups is 1. The number of halogens is 2. The number of rotatable bonds is 3. The Kier molecular flexibility index (Phi) is 7.70. The van der Waals surface area contributed by atoms with E-state index in [9.17, 15) is 4.79 Å². The number of aromatic nitrogens is 1. The summed E-state index contributed by atoms with van der Waals surface area (Å²) in [7, 11) is 0. The smallest absolute Gasteiger partial charge is 0.223 e. The van der Waals surface area contributed by atoms with Gasteiger partial charge in [-0.25, -0.2) is 4.98 Å². The fourth-order valence-corrected chi connectivity index (χ4v) is 2.46. The summed E-state index contributed by atoms with van der Waals surface area (Å²) in [6, 6.07) is 0.208. The van der Waals surface area contributed by atoms with E-state index in [2.05, 4.69) is 10.3 Å². The van der Waals surface area contributed by atoms with Gasteiger partial charge in [-0.15, -0.1) is 36.2 Å². The second-order valence-corrected chi connectivity index (χ2v) is 4.69. The van der Waals surface area contributed by atoms with Crippen LogP contribution in [0.3, 0.4) is 0 Å². The number of nitrogens with one attached hydrogen (secondary N) is 1. The second-order valence-electron chi connectivity index (χ2n) is 3.97. The minimum Gasteiger partial charge on any atom is -0.350 e. The number of nitrogens with two attached hydrogens (primary N) is 1. The third kappa shape index (κ3) is 4.79. The van der Waals surface area contributed by atoms with Crippen LogP contribution >= 0.6 is 36.2 Å². The molecule has 98 valence electrons. The van der Waals surface area contributed by atoms with Crippen LogP contribution in [0.2, 0.25) is 0 Å². The molecule has 1 heterocycles. The average molecular weight is 298 g/mol. The topological polar surface area (TPSA) is 68.0 Å². The van der Waals surface area contributed by atoms with Crippen LogP contribution in [0.1, 0.15) is 25.0 Å². The minimum atomic E-state index is 0. The first-order valence-corrected chi connectivity index (χ1v) is 6.10. The van der Waals surface area contributed by atoms with Crippen molar-refractivity contribution in [1.29, 1.82) is 0 Å². The molecule has 2 rings (SSSR count). The molecule has 1 saturated carbocycles. The van der Waals surface area contributed by atoms with Crippen LogP contribution < -0.4 is 11.1 Å². The van der Waals surface area contributed by atoms with E-state index < -0.39 is 0 Å². The summed E-state index contributed by atoms with van der Waals surface area (Å²) in [4.78, 5) is 15.8. The van der Waals surface area contributed by atoms with Crippen molar-refractivity contribution in [1.82, 2.24) is 10.3 Å². The normalized spacial score (nSPS) is 22.4. The first-order valence-electron chi connectivity index (χ1n) is 5.16. The first-order chi connectivity index (χ1) is 7.25. The maximum absolute atomic E-state index is 11.7. The molecule has 0 radical (unpaired) electrons. The predicted octanol–water partition coefficient (Wildman–Crippen LogP) is 1.73. The SMILES string of the molecule is Cl.Cl.NC1CCC(C(=O)NCc2cscn2)C1. The minimum absolute atomic E-state index is 0. The van der Waals surface area contributed by atoms with Gasteiger partial charge in [0, 0.05) is 17.3 Å². The van der Waals surface area contributed by atoms with Gasteiger partial charge in [-0.3, -0.25) is 4.79 Å². The number of nitrogens with zero attached hydrogens (tertiary/aromatic N) is 1. The monoisotopic (exact) mass is 297 g/mol. The Labute approximate surface area is 117 Å². The van der Waals surface area contributed by atoms with E-state index in [0.717, 1.165) is 25.0 Å². The highest BCUT2D eigenvalue weighted by molar-refractivity contribution is 7.07. The van der Waals surface area contributed by atoms with E-state index in [1.54, 1.807) is 16.8 Å². The van der Waals surface area contributed by atoms with E-state index in [4.69, 9.17) is 5.73 Å². The van der Waals surface area contributed by atoms with Crippen molar-refractivity contribution in [3.63, 3.8) is 0 Å². The van der Waals surface area contributed by atoms with Gasteiger partial charge in [0.2, 0.25) is 5.91 Å². The van der Waals surface area contributed by atoms with Crippen molar-refractivity contribution < 1.29 is 4.79 Å². The molecule has 0 spiro atoms. The largest absolute Gasteiger partial charge is 0.350 e. The molecule has 1 amide bonds. The molecule has 2 atom stereocenters. The van der Waals surface area contributed by atoms with Crippen molar-refractivity contribution in [2.24, 2.45) is 11.7 Å². The molecule has 17 heavy (non-hydrogen) atoms. The van der Waals surface area contributed by atoms with Gasteiger partial charge < -0.3 is 11.1 Å². The van der Waals surface area contributed by atoms with Crippen molar-refractivity contribution >= 4 is 42.1 Å². The van der Waals surface area contributed by atoms with E-state index >= 15 is 0 Å². The molecule has 1 aliphatic rings. The van der Waals surface area contributed by atoms with E-state index in [1.165, 1.54) is 0 Å². The summed E-state index contributed by atoms with van der Waals surface area (Å²) in [5, 5.41) is 4.84. The third-order valence-electron chi connectivity index (χ3n) is 2.77. The van der Waals surface area contributed by atoms with Gasteiger partial charge >= 0.3 is 0 Å². The van der Waals surface area contributed by atoms with Gasteiger partial charge in [0.25, 0.3) is 0 Å². The molecule has 0 aliphatic heterocycles. The summed E-state index contributed by atoms with van der Waals surface area (Å²) in [5.41, 5.74) is 8.46. The molecule has 2 unspecified atom stereocenters. The summed E-state index contributed by atoms with van der Waals surface area (Å²) < 4.78 is 0. The van der Waals surface area contributed by atoms with Gasteiger partial charge in [-0.05, 0) is 19.3 Å². The number of hydrogen-bond acceptors (Lipinski definition) is 4. The molecule has 1 aromatic rings. The van der Waals surface area contributed by atoms with Gasteiger partial charge in [-0.1, -0.05) is 0 Å². The lowest BCUT2D eigenvalue weighted by Crippen LogP contribution is -2.30. The lowest BCUT2D eigenvalue weighted by atomic mass is 10.1. The summed E-state index contributed by atoms with van der Waals surface area (Å²) in [5.74, 6) is 0.231. The summed E-state index contributed by atoms with van der Waals surface area (Å²) in [6.45, 7) is 0.536. The first kappa shape index (κ1) is 16.6. The van der Waals surface area contributed by atoms with Crippen LogP contribution in [-0.2, 0) is 11.3 Å². The molecule has 7 heteroatoms. The highest BCUT2D eigenvalue weighted by Gasteiger charge is 2.27. The second kappa shape index (κ2) is 7.87. The molecule has 1 aliphatic carbocycles. The maximum atomic E-state index is 11.7. The van der Waals surface area contributed by atoms with Crippen molar-refractivity contribution in [3.05, 3.63) is 16.6 Å². The van der Waals surface area contributed by atoms with E-state index in [1.807, 2.05) is 5.38 Å². The highest BCUT2D eigenvalue weighted by Crippen LogP contribution is 2.24. The number of thiazole rings is 1. The maximum Gasteiger partial charge on any atom is 0.223 e. The molecule has 0 bridgehead atoms. The van der Waals surface area contributed by atoms with Crippen LogP contribution in [0, 0.1) is 5.92 Å². The van der Waals surface area contributed by atoms with Crippen molar-refractivity contribution in [2.75, 3.05) is 0 Å². The van der Waals surface area contributed by atoms with Gasteiger partial charge in [0.1, 0.15) is 0 Å². The van der Waals surface area contributed by atoms with Crippen molar-refractivity contribution in [2.45, 2.75) is 31.8 Å². The number of carbonyl (C=O) groups excluding carboxylic acids is 1. The third-order valence-corrected chi connectivity index (χ3v) is 3.41. The Hall–Kier alpha value is -0.360. The average Bonchev–Trinajstić information content (AvgIpc) is 2.84. The number of amides is 1. The lowest BCUT2D eigenvalue weighted by Gasteiger charge is -2.09. The number of hydrogen-bond donors (Lipinski definition) is 2. The zero-order valence-electron chi connectivity index (χ0n) is 9.30. The standard InChI is InChI=1S/C10H15N3OS.2ClH/c11-8-2-1-7(3-8)10(14)12-4-9-5-15-6-13-9;;/h5-8H,1-4,11H2,(H,12,14);2*1H. The Morgan fingerprint density at radius 1 is 1.53 bits per heavy atom. The Morgan fingerprint density at radius 2 is 2.29 bits per heavy atom. The van der Waals surface area contributed by atoms with E-state index in [-0.39, 0.29) is 42.7 Å². The fourth-order valence-electron chi connectivity index (χ4n) is 1.90. The molecular formula is C10H17Cl2N3OS. The molecule has 1 aromatic heterocycles. The lowest BCUT2D eigenvalue weighted by molar-refractivity contribution is -0.125. The van der Waals surface area contributed by atoms with Crippen molar-refractivity contribution in [3.8, 4) is 0 Å². The Morgan fingerprint density at radius 3 is 2.82 bits per heavy atom. The Balaban J connectivity index is 0.00000128. The molecule has 0 saturated heterocycles. The van der Waals surface area contributed by atoms with Gasteiger partial charge in [-0.2, -0.15) is 0 Å². The van der Waals surface area contributed by atoms with Gasteiger partial charge in [0.15, 0.2) is 0 Å². The summed E-state index contributed by atoms with van der Waals surface area (Å²) in [6.07, 6.45) is 2.71. The van der Waals surface area contributed by atoms with Crippen LogP contribution in [0.5, 0.6) is 0 Å². The zero-order valence-corrected chi connectivity index (χ0v) is 11.7. The van der Waals surface area contributed by atoms with Gasteiger partial charge in [0.05, 0.1) is 17.7 Å². The molecule has 4 nitrogen and oxygen atoms in total. The highest BCUT2D eigenvalue weighted by atomic mass is 35.5. The van der Waals surface area contributed by atoms with Crippen LogP contribution in [0.25, 0.3) is 0 Å². The summed E-state index contributed by atoms with van der Waals surface area (Å²) >= 11 is 1.54. The quantitative estimate of drug-likeness (QED) is 0.893. The molecule has 1 fully saturated rings. The molecular weight excluding hydrogens is 281 g/mol. The molecule has 0 aromatic carbocycles. The van der Waals surface area contributed by atoms with Crippen LogP contribution in [0.4, 0.5) is 0 Å². The zero-order chi connectivity index (χ0) is 10.7. The molecule has 3 N–H and O–H groups in total. The fraction of sp³-hybridized carbons (Fsp3) is 0.600.